The van der Waals surface area contributed by atoms with Crippen molar-refractivity contribution in [1.29, 1.82) is 5.26 Å². The van der Waals surface area contributed by atoms with E-state index in [1.54, 1.807) is 31.2 Å². The summed E-state index contributed by atoms with van der Waals surface area (Å²) in [6, 6.07) is 7.10. The van der Waals surface area contributed by atoms with Crippen LogP contribution in [0.15, 0.2) is 29.4 Å². The molecular formula is C15H18N4O4. The molecule has 1 rings (SSSR count). The average molecular weight is 318 g/mol. The van der Waals surface area contributed by atoms with Crippen molar-refractivity contribution < 1.29 is 19.0 Å². The fourth-order valence-electron chi connectivity index (χ4n) is 1.78. The van der Waals surface area contributed by atoms with Gasteiger partial charge in [-0.05, 0) is 36.6 Å². The Bertz CT molecular complexity index is 576. The van der Waals surface area contributed by atoms with Crippen LogP contribution in [0.5, 0.6) is 5.75 Å². The van der Waals surface area contributed by atoms with Crippen LogP contribution in [0.2, 0.25) is 0 Å². The smallest absolute Gasteiger partial charge is 0.348 e. The Morgan fingerprint density at radius 3 is 2.78 bits per heavy atom. The summed E-state index contributed by atoms with van der Waals surface area (Å²) in [5.41, 5.74) is 8.97. The lowest BCUT2D eigenvalue weighted by atomic mass is 10.1. The van der Waals surface area contributed by atoms with E-state index in [1.165, 1.54) is 6.26 Å². The van der Waals surface area contributed by atoms with Crippen molar-refractivity contribution in [3.05, 3.63) is 40.3 Å². The van der Waals surface area contributed by atoms with E-state index in [2.05, 4.69) is 10.0 Å². The molecule has 0 radical (unpaired) electrons. The second-order valence-electron chi connectivity index (χ2n) is 4.45. The molecule has 0 saturated heterocycles. The molecule has 0 aromatic heterocycles. The number of nitriles is 1. The molecule has 0 aliphatic carbocycles. The molecule has 23 heavy (non-hydrogen) atoms. The predicted octanol–water partition coefficient (Wildman–Crippen LogP) is 2.74. The van der Waals surface area contributed by atoms with Gasteiger partial charge in [0.15, 0.2) is 0 Å². The number of hydrogen-bond acceptors (Lipinski definition) is 6. The van der Waals surface area contributed by atoms with E-state index < -0.39 is 12.1 Å². The van der Waals surface area contributed by atoms with Crippen LogP contribution >= 0.6 is 0 Å². The molecule has 1 atom stereocenters. The molecule has 0 N–H and O–H groups in total. The van der Waals surface area contributed by atoms with Gasteiger partial charge in [-0.2, -0.15) is 5.26 Å². The molecule has 1 aromatic rings. The highest BCUT2D eigenvalue weighted by molar-refractivity contribution is 5.75. The first kappa shape index (κ1) is 18.1. The predicted molar refractivity (Wildman–Crippen MR) is 81.4 cm³/mol. The first-order valence-electron chi connectivity index (χ1n) is 7.15. The van der Waals surface area contributed by atoms with E-state index in [0.29, 0.717) is 25.3 Å². The molecule has 0 spiro atoms. The first-order chi connectivity index (χ1) is 11.2. The zero-order chi connectivity index (χ0) is 16.9. The quantitative estimate of drug-likeness (QED) is 0.164. The van der Waals surface area contributed by atoms with Crippen LogP contribution in [0.4, 0.5) is 0 Å². The second kappa shape index (κ2) is 10.8. The Morgan fingerprint density at radius 2 is 2.17 bits per heavy atom. The van der Waals surface area contributed by atoms with Crippen LogP contribution in [-0.2, 0) is 20.7 Å². The molecule has 0 bridgehead atoms. The van der Waals surface area contributed by atoms with Crippen LogP contribution < -0.4 is 4.74 Å². The van der Waals surface area contributed by atoms with Gasteiger partial charge in [0.05, 0.1) is 13.2 Å². The number of nitrogens with zero attached hydrogens (tertiary/aromatic N) is 4. The van der Waals surface area contributed by atoms with Gasteiger partial charge in [0.1, 0.15) is 5.75 Å². The minimum Gasteiger partial charge on any atom is -0.494 e. The second-order valence-corrected chi connectivity index (χ2v) is 4.45. The Labute approximate surface area is 134 Å². The molecule has 8 heteroatoms. The zero-order valence-corrected chi connectivity index (χ0v) is 12.8. The van der Waals surface area contributed by atoms with E-state index in [-0.39, 0.29) is 13.0 Å². The number of ether oxygens (including phenoxy) is 3. The lowest BCUT2D eigenvalue weighted by Gasteiger charge is -2.13. The summed E-state index contributed by atoms with van der Waals surface area (Å²) in [5.74, 6) is 0.107. The highest BCUT2D eigenvalue weighted by atomic mass is 16.6. The first-order valence-corrected chi connectivity index (χ1v) is 7.15. The molecular weight excluding hydrogens is 300 g/mol. The number of azide groups is 1. The molecule has 1 aromatic carbocycles. The molecule has 0 fully saturated rings. The van der Waals surface area contributed by atoms with Crippen LogP contribution in [0, 0.1) is 11.5 Å². The minimum atomic E-state index is -0.949. The number of carbonyl (C=O) groups is 1. The maximum Gasteiger partial charge on any atom is 0.348 e. The van der Waals surface area contributed by atoms with Gasteiger partial charge in [0.25, 0.3) is 6.26 Å². The van der Waals surface area contributed by atoms with Crippen molar-refractivity contribution in [2.75, 3.05) is 19.8 Å². The van der Waals surface area contributed by atoms with Crippen molar-refractivity contribution in [3.63, 3.8) is 0 Å². The van der Waals surface area contributed by atoms with Gasteiger partial charge in [-0.3, -0.25) is 0 Å². The van der Waals surface area contributed by atoms with Gasteiger partial charge in [-0.15, -0.1) is 0 Å². The van der Waals surface area contributed by atoms with Gasteiger partial charge in [-0.25, -0.2) is 4.79 Å². The van der Waals surface area contributed by atoms with E-state index >= 15 is 0 Å². The third-order valence-electron chi connectivity index (χ3n) is 2.82. The van der Waals surface area contributed by atoms with Gasteiger partial charge < -0.3 is 14.2 Å². The summed E-state index contributed by atoms with van der Waals surface area (Å²) in [5, 5.41) is 12.0. The van der Waals surface area contributed by atoms with Gasteiger partial charge in [-0.1, -0.05) is 17.2 Å². The lowest BCUT2D eigenvalue weighted by Crippen LogP contribution is -2.27. The summed E-state index contributed by atoms with van der Waals surface area (Å²) < 4.78 is 15.1. The van der Waals surface area contributed by atoms with Crippen molar-refractivity contribution in [3.8, 4) is 12.0 Å². The molecule has 0 unspecified atom stereocenters. The molecule has 0 saturated carbocycles. The molecule has 8 nitrogen and oxygen atoms in total. The monoisotopic (exact) mass is 318 g/mol. The summed E-state index contributed by atoms with van der Waals surface area (Å²) in [6.45, 7) is 2.75. The molecule has 0 aliphatic heterocycles. The number of rotatable bonds is 10. The average Bonchev–Trinajstić information content (AvgIpc) is 2.56. The highest BCUT2D eigenvalue weighted by Crippen LogP contribution is 2.15. The minimum absolute atomic E-state index is 0.229. The van der Waals surface area contributed by atoms with Crippen molar-refractivity contribution in [2.45, 2.75) is 25.9 Å². The largest absolute Gasteiger partial charge is 0.494 e. The zero-order valence-electron chi connectivity index (χ0n) is 12.8. The summed E-state index contributed by atoms with van der Waals surface area (Å²) in [6.07, 6.45) is 1.45. The lowest BCUT2D eigenvalue weighted by molar-refractivity contribution is -0.152. The highest BCUT2D eigenvalue weighted by Gasteiger charge is 2.22. The summed E-state index contributed by atoms with van der Waals surface area (Å²) >= 11 is 0. The van der Waals surface area contributed by atoms with E-state index in [0.717, 1.165) is 5.56 Å². The van der Waals surface area contributed by atoms with Crippen molar-refractivity contribution >= 4 is 5.97 Å². The molecule has 0 heterocycles. The van der Waals surface area contributed by atoms with Gasteiger partial charge in [0, 0.05) is 17.9 Å². The molecule has 0 aliphatic rings. The van der Waals surface area contributed by atoms with E-state index in [9.17, 15) is 4.79 Å². The third kappa shape index (κ3) is 7.07. The fraction of sp³-hybridized carbons (Fsp3) is 0.467. The van der Waals surface area contributed by atoms with E-state index in [4.69, 9.17) is 25.0 Å². The number of carbonyl (C=O) groups excluding carboxylic acids is 1. The Hall–Kier alpha value is -2.91. The van der Waals surface area contributed by atoms with Crippen LogP contribution in [0.25, 0.3) is 10.4 Å². The number of hydrogen-bond donors (Lipinski definition) is 0. The normalized spacial score (nSPS) is 10.8. The summed E-state index contributed by atoms with van der Waals surface area (Å²) in [4.78, 5) is 14.3. The van der Waals surface area contributed by atoms with Crippen LogP contribution in [0.3, 0.4) is 0 Å². The van der Waals surface area contributed by atoms with E-state index in [1.807, 2.05) is 0 Å². The SMILES string of the molecule is CCOC(=O)[C@H](Cc1ccc(OCCCN=[N+]=[N-])cc1)OC#N. The Balaban J connectivity index is 2.52. The Morgan fingerprint density at radius 1 is 1.43 bits per heavy atom. The van der Waals surface area contributed by atoms with Crippen molar-refractivity contribution in [1.82, 2.24) is 0 Å². The topological polar surface area (TPSA) is 117 Å². The van der Waals surface area contributed by atoms with Crippen molar-refractivity contribution in [2.24, 2.45) is 5.11 Å². The standard InChI is InChI=1S/C15H18N4O4/c1-2-21-15(20)14(23-11-16)10-12-4-6-13(7-5-12)22-9-3-8-18-19-17/h4-7,14H,2-3,8-10H2,1H3/t14-/m0/s1. The maximum absolute atomic E-state index is 11.7. The maximum atomic E-state index is 11.7. The number of benzene rings is 1. The van der Waals surface area contributed by atoms with Gasteiger partial charge in [0.2, 0.25) is 6.10 Å². The third-order valence-corrected chi connectivity index (χ3v) is 2.82. The fourth-order valence-corrected chi connectivity index (χ4v) is 1.78. The summed E-state index contributed by atoms with van der Waals surface area (Å²) in [7, 11) is 0. The Kier molecular flexibility index (Phi) is 8.49. The molecule has 0 amide bonds. The molecule has 122 valence electrons. The number of esters is 1. The van der Waals surface area contributed by atoms with Crippen LogP contribution in [0.1, 0.15) is 18.9 Å². The van der Waals surface area contributed by atoms with Gasteiger partial charge >= 0.3 is 5.97 Å². The van der Waals surface area contributed by atoms with Crippen LogP contribution in [-0.4, -0.2) is 31.8 Å².